The van der Waals surface area contributed by atoms with Gasteiger partial charge in [-0.25, -0.2) is 4.79 Å². The SMILES string of the molecule is CN1CC(=O)N2C(Cc3c([nH]c4ccccc34)C2c2ccc3oc(=O)oc3c2)C1=O. The molecule has 2 aromatic heterocycles. The van der Waals surface area contributed by atoms with Gasteiger partial charge in [-0.2, -0.15) is 0 Å². The molecule has 2 amide bonds. The lowest BCUT2D eigenvalue weighted by atomic mass is 9.86. The molecule has 150 valence electrons. The van der Waals surface area contributed by atoms with Gasteiger partial charge in [0.25, 0.3) is 0 Å². The van der Waals surface area contributed by atoms with E-state index in [9.17, 15) is 14.4 Å². The van der Waals surface area contributed by atoms with Crippen LogP contribution in [0.4, 0.5) is 0 Å². The second-order valence-corrected chi connectivity index (χ2v) is 7.84. The molecule has 0 aliphatic carbocycles. The van der Waals surface area contributed by atoms with Crippen molar-refractivity contribution in [1.82, 2.24) is 14.8 Å². The maximum absolute atomic E-state index is 13.1. The van der Waals surface area contributed by atoms with E-state index >= 15 is 0 Å². The lowest BCUT2D eigenvalue weighted by Gasteiger charge is -2.46. The summed E-state index contributed by atoms with van der Waals surface area (Å²) in [6.45, 7) is 0.0322. The van der Waals surface area contributed by atoms with Crippen LogP contribution in [0, 0.1) is 0 Å². The summed E-state index contributed by atoms with van der Waals surface area (Å²) in [5.74, 6) is -0.975. The van der Waals surface area contributed by atoms with E-state index in [4.69, 9.17) is 8.83 Å². The minimum absolute atomic E-state index is 0.0322. The van der Waals surface area contributed by atoms with E-state index in [1.54, 1.807) is 30.1 Å². The quantitative estimate of drug-likeness (QED) is 0.525. The molecule has 8 heteroatoms. The lowest BCUT2D eigenvalue weighted by molar-refractivity contribution is -0.157. The summed E-state index contributed by atoms with van der Waals surface area (Å²) >= 11 is 0. The molecule has 2 aliphatic heterocycles. The monoisotopic (exact) mass is 403 g/mol. The largest absolute Gasteiger partial charge is 0.519 e. The summed E-state index contributed by atoms with van der Waals surface area (Å²) in [6.07, 6.45) is 0.452. The van der Waals surface area contributed by atoms with Gasteiger partial charge in [-0.05, 0) is 29.3 Å². The first-order valence-corrected chi connectivity index (χ1v) is 9.70. The highest BCUT2D eigenvalue weighted by atomic mass is 16.6. The molecule has 6 rings (SSSR count). The standard InChI is InChI=1S/C22H17N3O5/c1-24-10-18(26)25-15(21(24)27)9-13-12-4-2-3-5-14(12)23-19(13)20(25)11-6-7-16-17(8-11)30-22(28)29-16/h2-8,15,20,23H,9-10H2,1H3. The molecule has 30 heavy (non-hydrogen) atoms. The average Bonchev–Trinajstić information content (AvgIpc) is 3.29. The molecular formula is C22H17N3O5. The summed E-state index contributed by atoms with van der Waals surface area (Å²) in [4.78, 5) is 44.2. The number of nitrogens with one attached hydrogen (secondary N) is 1. The number of hydrogen-bond donors (Lipinski definition) is 1. The van der Waals surface area contributed by atoms with Gasteiger partial charge in [-0.15, -0.1) is 0 Å². The molecule has 2 atom stereocenters. The number of nitrogens with zero attached hydrogens (tertiary/aromatic N) is 2. The van der Waals surface area contributed by atoms with Gasteiger partial charge in [-0.1, -0.05) is 24.3 Å². The number of carbonyl (C=O) groups excluding carboxylic acids is 2. The highest BCUT2D eigenvalue weighted by Crippen LogP contribution is 2.42. The van der Waals surface area contributed by atoms with E-state index in [1.165, 1.54) is 4.90 Å². The molecule has 8 nitrogen and oxygen atoms in total. The first-order valence-electron chi connectivity index (χ1n) is 9.70. The smallest absolute Gasteiger partial charge is 0.391 e. The summed E-state index contributed by atoms with van der Waals surface area (Å²) in [7, 11) is 1.66. The van der Waals surface area contributed by atoms with Crippen LogP contribution in [0.15, 0.2) is 56.1 Å². The summed E-state index contributed by atoms with van der Waals surface area (Å²) in [5, 5.41) is 1.04. The fourth-order valence-corrected chi connectivity index (χ4v) is 4.81. The first-order chi connectivity index (χ1) is 14.5. The molecule has 1 fully saturated rings. The van der Waals surface area contributed by atoms with Crippen molar-refractivity contribution in [3.8, 4) is 0 Å². The van der Waals surface area contributed by atoms with Gasteiger partial charge in [-0.3, -0.25) is 9.59 Å². The second kappa shape index (κ2) is 5.85. The molecule has 0 radical (unpaired) electrons. The zero-order chi connectivity index (χ0) is 20.6. The van der Waals surface area contributed by atoms with E-state index in [-0.39, 0.29) is 18.4 Å². The molecule has 2 aliphatic rings. The van der Waals surface area contributed by atoms with Crippen molar-refractivity contribution in [2.75, 3.05) is 13.6 Å². The Kier molecular flexibility index (Phi) is 3.33. The van der Waals surface area contributed by atoms with E-state index in [0.717, 1.165) is 27.7 Å². The average molecular weight is 403 g/mol. The molecule has 2 unspecified atom stereocenters. The van der Waals surface area contributed by atoms with Gasteiger partial charge >= 0.3 is 5.82 Å². The Balaban J connectivity index is 1.62. The summed E-state index contributed by atoms with van der Waals surface area (Å²) < 4.78 is 10.2. The second-order valence-electron chi connectivity index (χ2n) is 7.84. The predicted molar refractivity (Wildman–Crippen MR) is 107 cm³/mol. The Hall–Kier alpha value is -3.81. The van der Waals surface area contributed by atoms with Crippen LogP contribution in [-0.4, -0.2) is 46.2 Å². The van der Waals surface area contributed by atoms with E-state index in [0.29, 0.717) is 17.6 Å². The van der Waals surface area contributed by atoms with Gasteiger partial charge in [0.2, 0.25) is 11.8 Å². The number of benzene rings is 2. The number of fused-ring (bicyclic) bond motifs is 5. The van der Waals surface area contributed by atoms with Crippen molar-refractivity contribution in [2.45, 2.75) is 18.5 Å². The Morgan fingerprint density at radius 2 is 1.83 bits per heavy atom. The third kappa shape index (κ3) is 2.24. The van der Waals surface area contributed by atoms with Gasteiger partial charge in [0.1, 0.15) is 6.04 Å². The van der Waals surface area contributed by atoms with Crippen LogP contribution in [0.3, 0.4) is 0 Å². The normalized spacial score (nSPS) is 21.4. The maximum Gasteiger partial charge on any atom is 0.519 e. The van der Waals surface area contributed by atoms with Crippen LogP contribution >= 0.6 is 0 Å². The zero-order valence-corrected chi connectivity index (χ0v) is 16.0. The van der Waals surface area contributed by atoms with E-state index < -0.39 is 17.9 Å². The number of H-pyrrole nitrogens is 1. The number of hydrogen-bond acceptors (Lipinski definition) is 5. The lowest BCUT2D eigenvalue weighted by Crippen LogP contribution is -2.62. The molecule has 1 N–H and O–H groups in total. The predicted octanol–water partition coefficient (Wildman–Crippen LogP) is 2.18. The molecule has 0 spiro atoms. The number of rotatable bonds is 1. The van der Waals surface area contributed by atoms with Crippen LogP contribution < -0.4 is 5.82 Å². The molecule has 4 heterocycles. The number of para-hydroxylation sites is 1. The summed E-state index contributed by atoms with van der Waals surface area (Å²) in [5.41, 5.74) is 4.26. The van der Waals surface area contributed by atoms with Crippen LogP contribution in [-0.2, 0) is 16.0 Å². The molecule has 0 bridgehead atoms. The van der Waals surface area contributed by atoms with Gasteiger partial charge in [0.05, 0.1) is 12.6 Å². The number of piperazine rings is 1. The van der Waals surface area contributed by atoms with Crippen LogP contribution in [0.5, 0.6) is 0 Å². The number of aromatic nitrogens is 1. The van der Waals surface area contributed by atoms with Crippen molar-refractivity contribution >= 4 is 33.9 Å². The third-order valence-corrected chi connectivity index (χ3v) is 6.12. The number of likely N-dealkylation sites (N-methyl/N-ethyl adjacent to an activating group) is 1. The fraction of sp³-hybridized carbons (Fsp3) is 0.227. The Bertz CT molecular complexity index is 1410. The molecular weight excluding hydrogens is 386 g/mol. The number of amides is 2. The van der Waals surface area contributed by atoms with Crippen molar-refractivity contribution in [3.05, 3.63) is 69.9 Å². The number of carbonyl (C=O) groups is 2. The van der Waals surface area contributed by atoms with Gasteiger partial charge in [0, 0.05) is 30.1 Å². The van der Waals surface area contributed by atoms with Crippen molar-refractivity contribution < 1.29 is 18.4 Å². The van der Waals surface area contributed by atoms with Crippen LogP contribution in [0.25, 0.3) is 22.1 Å². The molecule has 4 aromatic rings. The first kappa shape index (κ1) is 17.1. The molecule has 2 aromatic carbocycles. The highest BCUT2D eigenvalue weighted by Gasteiger charge is 2.47. The van der Waals surface area contributed by atoms with E-state index in [1.807, 2.05) is 24.3 Å². The van der Waals surface area contributed by atoms with E-state index in [2.05, 4.69) is 4.98 Å². The van der Waals surface area contributed by atoms with Gasteiger partial charge in [0.15, 0.2) is 11.2 Å². The van der Waals surface area contributed by atoms with Crippen LogP contribution in [0.1, 0.15) is 22.9 Å². The molecule has 1 saturated heterocycles. The van der Waals surface area contributed by atoms with Gasteiger partial charge < -0.3 is 23.6 Å². The van der Waals surface area contributed by atoms with Crippen molar-refractivity contribution in [3.63, 3.8) is 0 Å². The van der Waals surface area contributed by atoms with Crippen molar-refractivity contribution in [2.24, 2.45) is 0 Å². The van der Waals surface area contributed by atoms with Crippen LogP contribution in [0.2, 0.25) is 0 Å². The Labute approximate surface area is 169 Å². The Morgan fingerprint density at radius 1 is 1.03 bits per heavy atom. The topological polar surface area (TPSA) is 99.8 Å². The third-order valence-electron chi connectivity index (χ3n) is 6.12. The number of aromatic amines is 1. The zero-order valence-electron chi connectivity index (χ0n) is 16.0. The maximum atomic E-state index is 13.1. The molecule has 0 saturated carbocycles. The summed E-state index contributed by atoms with van der Waals surface area (Å²) in [6, 6.07) is 12.0. The minimum atomic E-state index is -0.777. The van der Waals surface area contributed by atoms with Crippen molar-refractivity contribution in [1.29, 1.82) is 0 Å². The Morgan fingerprint density at radius 3 is 2.70 bits per heavy atom. The highest BCUT2D eigenvalue weighted by molar-refractivity contribution is 5.97. The minimum Gasteiger partial charge on any atom is -0.391 e. The fourth-order valence-electron chi connectivity index (χ4n) is 4.81.